The van der Waals surface area contributed by atoms with Crippen LogP contribution in [0.2, 0.25) is 0 Å². The van der Waals surface area contributed by atoms with Crippen LogP contribution in [0.4, 0.5) is 0 Å². The molecule has 31 heavy (non-hydrogen) atoms. The number of aromatic nitrogens is 3. The molecular weight excluding hydrogens is 410 g/mol. The van der Waals surface area contributed by atoms with Crippen LogP contribution in [-0.4, -0.2) is 50.9 Å². The second-order valence-electron chi connectivity index (χ2n) is 7.89. The summed E-state index contributed by atoms with van der Waals surface area (Å²) in [5.74, 6) is 0.174. The lowest BCUT2D eigenvalue weighted by atomic mass is 9.94. The average molecular weight is 438 g/mol. The molecule has 162 valence electrons. The molecule has 4 rings (SSSR count). The number of rotatable bonds is 7. The third-order valence-corrected chi connectivity index (χ3v) is 6.52. The molecule has 2 amide bonds. The number of hydrogen-bond acceptors (Lipinski definition) is 5. The van der Waals surface area contributed by atoms with Gasteiger partial charge in [-0.2, -0.15) is 0 Å². The van der Waals surface area contributed by atoms with Gasteiger partial charge in [-0.3, -0.25) is 9.59 Å². The third-order valence-electron chi connectivity index (χ3n) is 5.50. The second-order valence-corrected chi connectivity index (χ2v) is 9.09. The fourth-order valence-electron chi connectivity index (χ4n) is 4.00. The van der Waals surface area contributed by atoms with E-state index in [0.29, 0.717) is 38.3 Å². The summed E-state index contributed by atoms with van der Waals surface area (Å²) < 4.78 is 1.93. The van der Waals surface area contributed by atoms with E-state index in [1.54, 1.807) is 23.9 Å². The van der Waals surface area contributed by atoms with Crippen molar-refractivity contribution in [2.24, 2.45) is 5.92 Å². The van der Waals surface area contributed by atoms with Crippen molar-refractivity contribution < 1.29 is 9.59 Å². The summed E-state index contributed by atoms with van der Waals surface area (Å²) in [5.41, 5.74) is 1.54. The Hall–Kier alpha value is -3.00. The van der Waals surface area contributed by atoms with Crippen LogP contribution in [0.15, 0.2) is 49.1 Å². The number of nitrogens with one attached hydrogen (secondary N) is 1. The van der Waals surface area contributed by atoms with E-state index in [0.717, 1.165) is 28.3 Å². The molecule has 3 heterocycles. The summed E-state index contributed by atoms with van der Waals surface area (Å²) in [6, 6.07) is 9.93. The maximum absolute atomic E-state index is 13.3. The van der Waals surface area contributed by atoms with Gasteiger partial charge in [-0.1, -0.05) is 30.3 Å². The van der Waals surface area contributed by atoms with Crippen molar-refractivity contribution in [3.63, 3.8) is 0 Å². The number of amides is 2. The van der Waals surface area contributed by atoms with E-state index in [9.17, 15) is 9.59 Å². The molecule has 8 heteroatoms. The zero-order chi connectivity index (χ0) is 21.6. The summed E-state index contributed by atoms with van der Waals surface area (Å²) in [5, 5.41) is 3.86. The van der Waals surface area contributed by atoms with Gasteiger partial charge in [0.05, 0.1) is 16.2 Å². The predicted molar refractivity (Wildman–Crippen MR) is 121 cm³/mol. The molecular formula is C23H27N5O2S. The molecule has 0 spiro atoms. The lowest BCUT2D eigenvalue weighted by molar-refractivity contribution is -0.122. The van der Waals surface area contributed by atoms with Crippen molar-refractivity contribution >= 4 is 23.2 Å². The van der Waals surface area contributed by atoms with E-state index in [1.807, 2.05) is 52.9 Å². The van der Waals surface area contributed by atoms with Crippen LogP contribution in [0, 0.1) is 12.8 Å². The van der Waals surface area contributed by atoms with E-state index in [1.165, 1.54) is 0 Å². The van der Waals surface area contributed by atoms with Crippen LogP contribution in [0.3, 0.4) is 0 Å². The fourth-order valence-corrected chi connectivity index (χ4v) is 4.92. The van der Waals surface area contributed by atoms with Crippen molar-refractivity contribution in [1.82, 2.24) is 24.8 Å². The summed E-state index contributed by atoms with van der Waals surface area (Å²) in [6.07, 6.45) is 7.64. The Balaban J connectivity index is 1.35. The molecule has 1 saturated heterocycles. The highest BCUT2D eigenvalue weighted by atomic mass is 32.1. The van der Waals surface area contributed by atoms with Gasteiger partial charge in [-0.25, -0.2) is 9.97 Å². The van der Waals surface area contributed by atoms with Crippen LogP contribution < -0.4 is 5.32 Å². The molecule has 1 unspecified atom stereocenters. The Bertz CT molecular complexity index is 1020. The number of piperidine rings is 1. The smallest absolute Gasteiger partial charge is 0.274 e. The van der Waals surface area contributed by atoms with Crippen LogP contribution in [-0.2, 0) is 11.3 Å². The number of likely N-dealkylation sites (tertiary alicyclic amines) is 1. The molecule has 0 saturated carbocycles. The van der Waals surface area contributed by atoms with Gasteiger partial charge < -0.3 is 14.8 Å². The SMILES string of the molecule is Cc1nc(C(=O)N2CCCC(CC(=O)NCCn3ccnc3)C2)c(-c2ccccc2)s1. The first-order valence-corrected chi connectivity index (χ1v) is 11.5. The van der Waals surface area contributed by atoms with Gasteiger partial charge in [0.15, 0.2) is 0 Å². The summed E-state index contributed by atoms with van der Waals surface area (Å²) in [4.78, 5) is 37.0. The van der Waals surface area contributed by atoms with Crippen molar-refractivity contribution in [1.29, 1.82) is 0 Å². The number of hydrogen-bond donors (Lipinski definition) is 1. The van der Waals surface area contributed by atoms with Crippen LogP contribution in [0.1, 0.15) is 34.8 Å². The highest BCUT2D eigenvalue weighted by Gasteiger charge is 2.29. The van der Waals surface area contributed by atoms with Gasteiger partial charge >= 0.3 is 0 Å². The Kier molecular flexibility index (Phi) is 6.76. The minimum Gasteiger partial charge on any atom is -0.354 e. The van der Waals surface area contributed by atoms with E-state index in [4.69, 9.17) is 0 Å². The molecule has 1 fully saturated rings. The normalized spacial score (nSPS) is 16.3. The van der Waals surface area contributed by atoms with Gasteiger partial charge in [0.25, 0.3) is 5.91 Å². The number of carbonyl (C=O) groups excluding carboxylic acids is 2. The van der Waals surface area contributed by atoms with E-state index < -0.39 is 0 Å². The topological polar surface area (TPSA) is 80.1 Å². The molecule has 3 aromatic rings. The number of nitrogens with zero attached hydrogens (tertiary/aromatic N) is 4. The first-order valence-electron chi connectivity index (χ1n) is 10.6. The molecule has 1 aliphatic heterocycles. The van der Waals surface area contributed by atoms with Crippen molar-refractivity contribution in [3.8, 4) is 10.4 Å². The van der Waals surface area contributed by atoms with Crippen molar-refractivity contribution in [2.75, 3.05) is 19.6 Å². The number of carbonyl (C=O) groups is 2. The van der Waals surface area contributed by atoms with Crippen molar-refractivity contribution in [3.05, 3.63) is 59.8 Å². The molecule has 0 radical (unpaired) electrons. The highest BCUT2D eigenvalue weighted by Crippen LogP contribution is 2.32. The Labute approximate surface area is 186 Å². The van der Waals surface area contributed by atoms with Crippen molar-refractivity contribution in [2.45, 2.75) is 32.7 Å². The molecule has 1 atom stereocenters. The Morgan fingerprint density at radius 3 is 2.87 bits per heavy atom. The molecule has 0 aliphatic carbocycles. The van der Waals surface area contributed by atoms with Crippen LogP contribution >= 0.6 is 11.3 Å². The Morgan fingerprint density at radius 1 is 1.26 bits per heavy atom. The van der Waals surface area contributed by atoms with E-state index in [-0.39, 0.29) is 17.7 Å². The van der Waals surface area contributed by atoms with Gasteiger partial charge in [0.1, 0.15) is 5.69 Å². The third kappa shape index (κ3) is 5.38. The number of thiazole rings is 1. The first-order chi connectivity index (χ1) is 15.1. The largest absolute Gasteiger partial charge is 0.354 e. The van der Waals surface area contributed by atoms with Gasteiger partial charge in [-0.15, -0.1) is 11.3 Å². The van der Waals surface area contributed by atoms with Gasteiger partial charge in [0, 0.05) is 45.0 Å². The zero-order valence-corrected chi connectivity index (χ0v) is 18.5. The summed E-state index contributed by atoms with van der Waals surface area (Å²) in [7, 11) is 0. The van der Waals surface area contributed by atoms with Crippen LogP contribution in [0.25, 0.3) is 10.4 Å². The fraction of sp³-hybridized carbons (Fsp3) is 0.391. The lowest BCUT2D eigenvalue weighted by Crippen LogP contribution is -2.42. The monoisotopic (exact) mass is 437 g/mol. The summed E-state index contributed by atoms with van der Waals surface area (Å²) in [6.45, 7) is 4.51. The number of aryl methyl sites for hydroxylation is 1. The maximum Gasteiger partial charge on any atom is 0.274 e. The van der Waals surface area contributed by atoms with Gasteiger partial charge in [-0.05, 0) is 31.2 Å². The number of benzene rings is 1. The number of imidazole rings is 1. The second kappa shape index (κ2) is 9.87. The minimum absolute atomic E-state index is 0.0339. The Morgan fingerprint density at radius 2 is 2.10 bits per heavy atom. The van der Waals surface area contributed by atoms with E-state index in [2.05, 4.69) is 15.3 Å². The molecule has 1 aliphatic rings. The zero-order valence-electron chi connectivity index (χ0n) is 17.7. The van der Waals surface area contributed by atoms with Gasteiger partial charge in [0.2, 0.25) is 5.91 Å². The highest BCUT2D eigenvalue weighted by molar-refractivity contribution is 7.15. The molecule has 7 nitrogen and oxygen atoms in total. The van der Waals surface area contributed by atoms with Crippen LogP contribution in [0.5, 0.6) is 0 Å². The molecule has 1 aromatic carbocycles. The molecule has 1 N–H and O–H groups in total. The quantitative estimate of drug-likeness (QED) is 0.615. The lowest BCUT2D eigenvalue weighted by Gasteiger charge is -2.32. The first kappa shape index (κ1) is 21.2. The molecule has 0 bridgehead atoms. The minimum atomic E-state index is -0.0339. The predicted octanol–water partition coefficient (Wildman–Crippen LogP) is 3.37. The maximum atomic E-state index is 13.3. The molecule has 2 aromatic heterocycles. The average Bonchev–Trinajstić information content (AvgIpc) is 3.44. The summed E-state index contributed by atoms with van der Waals surface area (Å²) >= 11 is 1.55. The van der Waals surface area contributed by atoms with E-state index >= 15 is 0 Å². The standard InChI is InChI=1S/C23H27N5O2S/c1-17-26-21(22(31-17)19-7-3-2-4-8-19)23(30)28-11-5-6-18(15-28)14-20(29)25-10-13-27-12-9-24-16-27/h2-4,7-9,12,16,18H,5-6,10-11,13-15H2,1H3,(H,25,29).